The van der Waals surface area contributed by atoms with Crippen LogP contribution >= 0.6 is 0 Å². The first-order chi connectivity index (χ1) is 14.0. The van der Waals surface area contributed by atoms with Crippen LogP contribution in [0.4, 0.5) is 0 Å². The SMILES string of the molecule is Cc1c(C(=O)O)c(C(=O)c2ccco2)cc(-c2ccc(S(C)(=O)=O)cc2)c1C(=O)O. The highest BCUT2D eigenvalue weighted by atomic mass is 32.2. The van der Waals surface area contributed by atoms with Crippen molar-refractivity contribution in [3.8, 4) is 11.1 Å². The van der Waals surface area contributed by atoms with Gasteiger partial charge in [0.25, 0.3) is 0 Å². The van der Waals surface area contributed by atoms with Crippen LogP contribution in [0.2, 0.25) is 0 Å². The molecule has 2 aromatic carbocycles. The van der Waals surface area contributed by atoms with Crippen molar-refractivity contribution in [1.82, 2.24) is 0 Å². The topological polar surface area (TPSA) is 139 Å². The Bertz CT molecular complexity index is 1270. The maximum atomic E-state index is 12.9. The summed E-state index contributed by atoms with van der Waals surface area (Å²) < 4.78 is 28.5. The first-order valence-electron chi connectivity index (χ1n) is 8.55. The van der Waals surface area contributed by atoms with Crippen LogP contribution in [0.3, 0.4) is 0 Å². The highest BCUT2D eigenvalue weighted by Gasteiger charge is 2.28. The lowest BCUT2D eigenvalue weighted by Gasteiger charge is -2.16. The third-order valence-electron chi connectivity index (χ3n) is 4.59. The van der Waals surface area contributed by atoms with E-state index >= 15 is 0 Å². The molecule has 0 saturated heterocycles. The zero-order valence-corrected chi connectivity index (χ0v) is 16.7. The predicted molar refractivity (Wildman–Crippen MR) is 106 cm³/mol. The third kappa shape index (κ3) is 3.74. The number of rotatable bonds is 6. The molecule has 0 amide bonds. The number of ketones is 1. The van der Waals surface area contributed by atoms with Gasteiger partial charge in [-0.1, -0.05) is 12.1 Å². The smallest absolute Gasteiger partial charge is 0.336 e. The van der Waals surface area contributed by atoms with Crippen LogP contribution in [0.1, 0.15) is 42.4 Å². The zero-order chi connectivity index (χ0) is 22.2. The summed E-state index contributed by atoms with van der Waals surface area (Å²) in [6.07, 6.45) is 2.30. The Morgan fingerprint density at radius 1 is 0.933 bits per heavy atom. The molecular formula is C21H16O8S. The summed E-state index contributed by atoms with van der Waals surface area (Å²) in [5.74, 6) is -3.65. The molecule has 8 nitrogen and oxygen atoms in total. The molecule has 0 aliphatic rings. The fourth-order valence-electron chi connectivity index (χ4n) is 3.20. The summed E-state index contributed by atoms with van der Waals surface area (Å²) in [5, 5.41) is 19.4. The van der Waals surface area contributed by atoms with Crippen LogP contribution in [0, 0.1) is 6.92 Å². The molecule has 2 N–H and O–H groups in total. The Kier molecular flexibility index (Phi) is 5.32. The van der Waals surface area contributed by atoms with E-state index in [-0.39, 0.29) is 32.9 Å². The normalized spacial score (nSPS) is 11.3. The quantitative estimate of drug-likeness (QED) is 0.570. The number of benzene rings is 2. The van der Waals surface area contributed by atoms with Gasteiger partial charge >= 0.3 is 11.9 Å². The van der Waals surface area contributed by atoms with E-state index in [2.05, 4.69) is 0 Å². The van der Waals surface area contributed by atoms with Gasteiger partial charge in [0.2, 0.25) is 5.78 Å². The fourth-order valence-corrected chi connectivity index (χ4v) is 3.83. The van der Waals surface area contributed by atoms with Crippen molar-refractivity contribution >= 4 is 27.6 Å². The molecule has 154 valence electrons. The van der Waals surface area contributed by atoms with Crippen LogP contribution in [0.15, 0.2) is 58.0 Å². The van der Waals surface area contributed by atoms with E-state index in [4.69, 9.17) is 4.42 Å². The molecule has 0 atom stereocenters. The second kappa shape index (κ2) is 7.60. The van der Waals surface area contributed by atoms with Gasteiger partial charge in [0.15, 0.2) is 15.6 Å². The van der Waals surface area contributed by atoms with Gasteiger partial charge in [0.1, 0.15) is 0 Å². The van der Waals surface area contributed by atoms with Crippen molar-refractivity contribution in [2.24, 2.45) is 0 Å². The molecule has 1 aromatic heterocycles. The summed E-state index contributed by atoms with van der Waals surface area (Å²) >= 11 is 0. The second-order valence-corrected chi connectivity index (χ2v) is 8.58. The number of carboxylic acids is 2. The fraction of sp³-hybridized carbons (Fsp3) is 0.0952. The average molecular weight is 428 g/mol. The number of hydrogen-bond donors (Lipinski definition) is 2. The summed E-state index contributed by atoms with van der Waals surface area (Å²) in [7, 11) is -3.47. The monoisotopic (exact) mass is 428 g/mol. The minimum Gasteiger partial charge on any atom is -0.478 e. The highest BCUT2D eigenvalue weighted by molar-refractivity contribution is 7.90. The predicted octanol–water partition coefficient (Wildman–Crippen LogP) is 3.29. The van der Waals surface area contributed by atoms with Crippen LogP contribution in [-0.4, -0.2) is 42.6 Å². The van der Waals surface area contributed by atoms with Gasteiger partial charge in [-0.25, -0.2) is 18.0 Å². The van der Waals surface area contributed by atoms with Gasteiger partial charge in [0, 0.05) is 11.8 Å². The number of aromatic carboxylic acids is 2. The summed E-state index contributed by atoms with van der Waals surface area (Å²) in [5.41, 5.74) is -0.675. The lowest BCUT2D eigenvalue weighted by atomic mass is 9.87. The highest BCUT2D eigenvalue weighted by Crippen LogP contribution is 2.33. The molecule has 1 heterocycles. The molecule has 3 rings (SSSR count). The lowest BCUT2D eigenvalue weighted by molar-refractivity contribution is 0.0691. The van der Waals surface area contributed by atoms with Gasteiger partial charge in [-0.05, 0) is 53.9 Å². The van der Waals surface area contributed by atoms with Crippen LogP contribution in [0.5, 0.6) is 0 Å². The standard InChI is InChI=1S/C21H16O8S/c1-11-17(20(23)24)14(12-5-7-13(8-6-12)30(2,27)28)10-15(18(11)21(25)26)19(22)16-4-3-9-29-16/h3-10H,1-2H3,(H,23,24)(H,25,26). The Balaban J connectivity index is 2.33. The van der Waals surface area contributed by atoms with E-state index < -0.39 is 33.1 Å². The number of hydrogen-bond acceptors (Lipinski definition) is 6. The number of carboxylic acid groups (broad SMARTS) is 2. The van der Waals surface area contributed by atoms with Gasteiger partial charge in [0.05, 0.1) is 22.3 Å². The molecule has 0 bridgehead atoms. The first kappa shape index (κ1) is 21.0. The Labute approximate surface area is 171 Å². The molecule has 0 aliphatic carbocycles. The maximum absolute atomic E-state index is 12.9. The Morgan fingerprint density at radius 2 is 1.53 bits per heavy atom. The maximum Gasteiger partial charge on any atom is 0.336 e. The van der Waals surface area contributed by atoms with Crippen LogP contribution in [-0.2, 0) is 9.84 Å². The molecule has 0 unspecified atom stereocenters. The lowest BCUT2D eigenvalue weighted by Crippen LogP contribution is -2.16. The second-order valence-electron chi connectivity index (χ2n) is 6.56. The van der Waals surface area contributed by atoms with Crippen molar-refractivity contribution in [2.75, 3.05) is 6.26 Å². The number of carbonyl (C=O) groups excluding carboxylic acids is 1. The van der Waals surface area contributed by atoms with E-state index in [1.807, 2.05) is 0 Å². The van der Waals surface area contributed by atoms with Crippen molar-refractivity contribution in [2.45, 2.75) is 11.8 Å². The summed E-state index contributed by atoms with van der Waals surface area (Å²) in [4.78, 5) is 36.7. The minimum absolute atomic E-state index is 0.0360. The first-order valence-corrected chi connectivity index (χ1v) is 10.4. The molecule has 0 fully saturated rings. The van der Waals surface area contributed by atoms with E-state index in [1.165, 1.54) is 55.7 Å². The largest absolute Gasteiger partial charge is 0.478 e. The Hall–Kier alpha value is -3.72. The number of sulfone groups is 1. The van der Waals surface area contributed by atoms with Gasteiger partial charge in [-0.15, -0.1) is 0 Å². The van der Waals surface area contributed by atoms with E-state index in [1.54, 1.807) is 0 Å². The zero-order valence-electron chi connectivity index (χ0n) is 15.9. The summed E-state index contributed by atoms with van der Waals surface area (Å²) in [6.45, 7) is 1.31. The van der Waals surface area contributed by atoms with E-state index in [0.717, 1.165) is 6.26 Å². The molecule has 0 radical (unpaired) electrons. The van der Waals surface area contributed by atoms with Gasteiger partial charge in [-0.2, -0.15) is 0 Å². The molecular weight excluding hydrogens is 412 g/mol. The molecule has 30 heavy (non-hydrogen) atoms. The van der Waals surface area contributed by atoms with E-state index in [0.29, 0.717) is 5.56 Å². The molecule has 0 saturated carbocycles. The van der Waals surface area contributed by atoms with Crippen LogP contribution in [0.25, 0.3) is 11.1 Å². The van der Waals surface area contributed by atoms with Crippen molar-refractivity contribution in [3.05, 3.63) is 76.7 Å². The number of carbonyl (C=O) groups is 3. The average Bonchev–Trinajstić information content (AvgIpc) is 3.20. The molecule has 9 heteroatoms. The minimum atomic E-state index is -3.47. The van der Waals surface area contributed by atoms with Crippen molar-refractivity contribution in [3.63, 3.8) is 0 Å². The summed E-state index contributed by atoms with van der Waals surface area (Å²) in [6, 6.07) is 9.44. The van der Waals surface area contributed by atoms with E-state index in [9.17, 15) is 33.0 Å². The number of furan rings is 1. The Morgan fingerprint density at radius 3 is 2.00 bits per heavy atom. The molecule has 0 spiro atoms. The van der Waals surface area contributed by atoms with Crippen LogP contribution < -0.4 is 0 Å². The van der Waals surface area contributed by atoms with Crippen molar-refractivity contribution < 1.29 is 37.4 Å². The molecule has 3 aromatic rings. The van der Waals surface area contributed by atoms with Crippen molar-refractivity contribution in [1.29, 1.82) is 0 Å². The third-order valence-corrected chi connectivity index (χ3v) is 5.72. The van der Waals surface area contributed by atoms with Gasteiger partial charge < -0.3 is 14.6 Å². The van der Waals surface area contributed by atoms with Gasteiger partial charge in [-0.3, -0.25) is 4.79 Å². The molecule has 0 aliphatic heterocycles.